The molecule has 1 aliphatic carbocycles. The molecule has 0 saturated heterocycles. The highest BCUT2D eigenvalue weighted by Crippen LogP contribution is 2.60. The summed E-state index contributed by atoms with van der Waals surface area (Å²) < 4.78 is 27.2. The number of ether oxygens (including phenoxy) is 1. The Morgan fingerprint density at radius 2 is 1.70 bits per heavy atom. The van der Waals surface area contributed by atoms with E-state index in [1.807, 2.05) is 24.3 Å². The quantitative estimate of drug-likeness (QED) is 0.0805. The van der Waals surface area contributed by atoms with Gasteiger partial charge in [-0.1, -0.05) is 90.6 Å². The Labute approximate surface area is 274 Å². The van der Waals surface area contributed by atoms with Crippen LogP contribution in [0.25, 0.3) is 0 Å². The molecule has 0 spiro atoms. The molecule has 0 aliphatic heterocycles. The van der Waals surface area contributed by atoms with E-state index in [0.29, 0.717) is 13.2 Å². The van der Waals surface area contributed by atoms with Crippen molar-refractivity contribution in [2.75, 3.05) is 13.2 Å². The molecule has 1 aliphatic rings. The van der Waals surface area contributed by atoms with Gasteiger partial charge >= 0.3 is 12.7 Å². The van der Waals surface area contributed by atoms with Gasteiger partial charge in [-0.15, -0.1) is 0 Å². The zero-order chi connectivity index (χ0) is 31.8. The molecule has 0 bridgehead atoms. The number of pyridine rings is 1. The van der Waals surface area contributed by atoms with Crippen LogP contribution in [0.5, 0.6) is 5.88 Å². The van der Waals surface area contributed by atoms with Gasteiger partial charge in [-0.2, -0.15) is 4.98 Å². The van der Waals surface area contributed by atoms with E-state index in [1.54, 1.807) is 20.1 Å². The number of carbonyl (C=O) groups is 1. The Balaban J connectivity index is 0.000000250. The van der Waals surface area contributed by atoms with Crippen LogP contribution in [0, 0.1) is 17.3 Å². The number of hydrogen-bond acceptors (Lipinski definition) is 8. The first-order valence-corrected chi connectivity index (χ1v) is 17.5. The van der Waals surface area contributed by atoms with Crippen molar-refractivity contribution in [1.82, 2.24) is 4.98 Å². The number of aromatic nitrogens is 1. The molecule has 4 rings (SSSR count). The van der Waals surface area contributed by atoms with Gasteiger partial charge in [-0.25, -0.2) is 0 Å². The van der Waals surface area contributed by atoms with Crippen molar-refractivity contribution in [1.29, 1.82) is 0 Å². The van der Waals surface area contributed by atoms with E-state index in [-0.39, 0.29) is 50.9 Å². The molecule has 12 heteroatoms. The van der Waals surface area contributed by atoms with Crippen molar-refractivity contribution in [3.05, 3.63) is 92.5 Å². The summed E-state index contributed by atoms with van der Waals surface area (Å²) in [5.41, 5.74) is 3.33. The number of allylic oxidation sites excluding steroid dienone is 2. The van der Waals surface area contributed by atoms with Crippen LogP contribution < -0.4 is 4.52 Å². The first kappa shape index (κ1) is 35.6. The lowest BCUT2D eigenvalue weighted by Gasteiger charge is -2.20. The molecule has 0 amide bonds. The van der Waals surface area contributed by atoms with Crippen LogP contribution in [0.15, 0.2) is 64.8 Å². The topological polar surface area (TPSA) is 80.0 Å². The van der Waals surface area contributed by atoms with Crippen LogP contribution >= 0.6 is 41.5 Å². The van der Waals surface area contributed by atoms with Gasteiger partial charge in [0.05, 0.1) is 30.4 Å². The van der Waals surface area contributed by atoms with Crippen LogP contribution in [-0.2, 0) is 43.4 Å². The highest BCUT2D eigenvalue weighted by atomic mass is 35.5. The summed E-state index contributed by atoms with van der Waals surface area (Å²) in [6.45, 7) is 10.0. The minimum absolute atomic E-state index is 0.0107. The summed E-state index contributed by atoms with van der Waals surface area (Å²) in [5, 5.41) is 0.499. The fourth-order valence-corrected chi connectivity index (χ4v) is 7.03. The van der Waals surface area contributed by atoms with Gasteiger partial charge in [0.2, 0.25) is 5.88 Å². The van der Waals surface area contributed by atoms with Gasteiger partial charge < -0.3 is 13.7 Å². The SMILES string of the molecule is CC(C)=CC1C(C(=O)OCc2coc(Cc3ccccc3)c2)C1(C)C.CCOP(=S)(OCC)Oc1nc(Cl)c(Cl)cc1Cl. The van der Waals surface area contributed by atoms with E-state index >= 15 is 0 Å². The second kappa shape index (κ2) is 15.9. The minimum atomic E-state index is -2.92. The summed E-state index contributed by atoms with van der Waals surface area (Å²) in [5.74, 6) is 1.06. The molecule has 3 aromatic rings. The molecule has 0 radical (unpaired) electrons. The van der Waals surface area contributed by atoms with Gasteiger partial charge in [-0.3, -0.25) is 13.8 Å². The molecule has 1 fully saturated rings. The molecule has 2 atom stereocenters. The number of carbonyl (C=O) groups excluding carboxylic acids is 1. The Hall–Kier alpha value is -1.90. The zero-order valence-corrected chi connectivity index (χ0v) is 29.0. The highest BCUT2D eigenvalue weighted by Gasteiger charge is 2.61. The van der Waals surface area contributed by atoms with Crippen molar-refractivity contribution in [3.63, 3.8) is 0 Å². The predicted octanol–water partition coefficient (Wildman–Crippen LogP) is 9.87. The third-order valence-electron chi connectivity index (χ3n) is 6.62. The number of esters is 1. The zero-order valence-electron chi connectivity index (χ0n) is 25.1. The van der Waals surface area contributed by atoms with Crippen LogP contribution in [-0.4, -0.2) is 24.2 Å². The fourth-order valence-electron chi connectivity index (χ4n) is 4.44. The van der Waals surface area contributed by atoms with Crippen molar-refractivity contribution < 1.29 is 27.5 Å². The van der Waals surface area contributed by atoms with Crippen molar-refractivity contribution in [2.45, 2.75) is 54.6 Å². The summed E-state index contributed by atoms with van der Waals surface area (Å²) in [4.78, 5) is 16.3. The molecular formula is C31H37Cl3NO6PS. The Bertz CT molecular complexity index is 1450. The van der Waals surface area contributed by atoms with Crippen molar-refractivity contribution in [2.24, 2.45) is 17.3 Å². The molecule has 1 saturated carbocycles. The van der Waals surface area contributed by atoms with E-state index in [9.17, 15) is 4.79 Å². The maximum Gasteiger partial charge on any atom is 0.381 e. The van der Waals surface area contributed by atoms with E-state index in [1.165, 1.54) is 17.2 Å². The average molecular weight is 689 g/mol. The molecule has 0 N–H and O–H groups in total. The maximum atomic E-state index is 12.4. The Kier molecular flexibility index (Phi) is 13.2. The second-order valence-corrected chi connectivity index (χ2v) is 14.8. The normalized spacial score (nSPS) is 17.0. The number of furan rings is 1. The number of benzene rings is 1. The molecular weight excluding hydrogens is 652 g/mol. The summed E-state index contributed by atoms with van der Waals surface area (Å²) in [6.07, 6.45) is 4.60. The first-order valence-electron chi connectivity index (χ1n) is 13.8. The number of rotatable bonds is 12. The van der Waals surface area contributed by atoms with E-state index in [2.05, 4.69) is 50.9 Å². The van der Waals surface area contributed by atoms with E-state index in [0.717, 1.165) is 17.7 Å². The molecule has 7 nitrogen and oxygen atoms in total. The van der Waals surface area contributed by atoms with Crippen molar-refractivity contribution in [3.8, 4) is 5.88 Å². The Morgan fingerprint density at radius 1 is 1.05 bits per heavy atom. The molecule has 1 aromatic carbocycles. The predicted molar refractivity (Wildman–Crippen MR) is 175 cm³/mol. The van der Waals surface area contributed by atoms with Gasteiger partial charge in [0, 0.05) is 23.8 Å². The van der Waals surface area contributed by atoms with Gasteiger partial charge in [-0.05, 0) is 56.7 Å². The standard InChI is InChI=1S/C22H26O3.C9H11Cl3NO3PS/c1-15(2)10-19-20(22(19,3)4)21(23)25-14-17-12-18(24-13-17)11-16-8-6-5-7-9-16;1-3-14-17(18,15-4-2)16-9-7(11)5-6(10)8(12)13-9/h5-10,12-13,19-20H,11,14H2,1-4H3;5H,3-4H2,1-2H3. The third-order valence-corrected chi connectivity index (χ3v) is 9.96. The lowest BCUT2D eigenvalue weighted by Crippen LogP contribution is -2.10. The molecule has 234 valence electrons. The molecule has 2 aromatic heterocycles. The number of hydrogen-bond donors (Lipinski definition) is 0. The third kappa shape index (κ3) is 10.3. The molecule has 2 unspecified atom stereocenters. The Morgan fingerprint density at radius 3 is 2.30 bits per heavy atom. The van der Waals surface area contributed by atoms with Crippen LogP contribution in [0.2, 0.25) is 15.2 Å². The molecule has 43 heavy (non-hydrogen) atoms. The maximum absolute atomic E-state index is 12.4. The van der Waals surface area contributed by atoms with E-state index < -0.39 is 6.72 Å². The van der Waals surface area contributed by atoms with Gasteiger partial charge in [0.15, 0.2) is 5.15 Å². The average Bonchev–Trinajstić information content (AvgIpc) is 3.23. The molecule has 2 heterocycles. The minimum Gasteiger partial charge on any atom is -0.469 e. The summed E-state index contributed by atoms with van der Waals surface area (Å²) >= 11 is 22.7. The van der Waals surface area contributed by atoms with Crippen LogP contribution in [0.3, 0.4) is 0 Å². The van der Waals surface area contributed by atoms with Crippen molar-refractivity contribution >= 4 is 59.3 Å². The smallest absolute Gasteiger partial charge is 0.381 e. The van der Waals surface area contributed by atoms with Gasteiger partial charge in [0.25, 0.3) is 0 Å². The van der Waals surface area contributed by atoms with Crippen LogP contribution in [0.4, 0.5) is 0 Å². The highest BCUT2D eigenvalue weighted by molar-refractivity contribution is 8.07. The first-order chi connectivity index (χ1) is 20.3. The second-order valence-electron chi connectivity index (χ2n) is 10.7. The summed E-state index contributed by atoms with van der Waals surface area (Å²) in [6, 6.07) is 13.6. The monoisotopic (exact) mass is 687 g/mol. The number of halogens is 3. The summed E-state index contributed by atoms with van der Waals surface area (Å²) in [7, 11) is 0. The lowest BCUT2D eigenvalue weighted by atomic mass is 10.1. The van der Waals surface area contributed by atoms with Crippen LogP contribution in [0.1, 0.15) is 58.4 Å². The largest absolute Gasteiger partial charge is 0.469 e. The lowest BCUT2D eigenvalue weighted by molar-refractivity contribution is -0.147. The van der Waals surface area contributed by atoms with Gasteiger partial charge in [0.1, 0.15) is 17.4 Å². The van der Waals surface area contributed by atoms with E-state index in [4.69, 9.17) is 69.3 Å². The number of nitrogens with zero attached hydrogens (tertiary/aromatic N) is 1. The fraction of sp³-hybridized carbons (Fsp3) is 0.419.